The Balaban J connectivity index is 1.93. The summed E-state index contributed by atoms with van der Waals surface area (Å²) in [6.07, 6.45) is 1.22. The maximum absolute atomic E-state index is 13.5. The second kappa shape index (κ2) is 6.84. The fraction of sp³-hybridized carbons (Fsp3) is 0.235. The smallest absolute Gasteiger partial charge is 0.285 e. The minimum Gasteiger partial charge on any atom is -0.493 e. The fourth-order valence-corrected chi connectivity index (χ4v) is 2.78. The lowest BCUT2D eigenvalue weighted by atomic mass is 10.0. The van der Waals surface area contributed by atoms with Crippen molar-refractivity contribution in [3.63, 3.8) is 0 Å². The highest BCUT2D eigenvalue weighted by atomic mass is 19.2. The van der Waals surface area contributed by atoms with Gasteiger partial charge in [-0.25, -0.2) is 8.78 Å². The molecule has 1 aliphatic rings. The van der Waals surface area contributed by atoms with E-state index >= 15 is 0 Å². The van der Waals surface area contributed by atoms with Crippen molar-refractivity contribution in [3.8, 4) is 5.75 Å². The molecular weight excluding hydrogens is 334 g/mol. The van der Waals surface area contributed by atoms with Gasteiger partial charge in [-0.3, -0.25) is 14.9 Å². The van der Waals surface area contributed by atoms with Crippen LogP contribution in [0.3, 0.4) is 0 Å². The van der Waals surface area contributed by atoms with Crippen LogP contribution in [0.4, 0.5) is 14.5 Å². The minimum absolute atomic E-state index is 0.411. The number of para-hydroxylation sites is 1. The molecule has 8 heteroatoms. The van der Waals surface area contributed by atoms with E-state index in [0.717, 1.165) is 5.56 Å². The lowest BCUT2D eigenvalue weighted by Gasteiger charge is -2.18. The summed E-state index contributed by atoms with van der Waals surface area (Å²) in [6, 6.07) is 7.64. The van der Waals surface area contributed by atoms with Crippen LogP contribution in [0, 0.1) is 21.7 Å². The number of fused-ring (bicyclic) bond motifs is 1. The minimum atomic E-state index is -1.38. The molecule has 0 fully saturated rings. The molecule has 1 atom stereocenters. The van der Waals surface area contributed by atoms with Crippen molar-refractivity contribution in [2.45, 2.75) is 18.9 Å². The Morgan fingerprint density at radius 1 is 1.24 bits per heavy atom. The van der Waals surface area contributed by atoms with Gasteiger partial charge in [-0.2, -0.15) is 0 Å². The first-order valence-electron chi connectivity index (χ1n) is 7.63. The molecule has 0 saturated heterocycles. The van der Waals surface area contributed by atoms with E-state index in [1.807, 2.05) is 0 Å². The number of nitro benzene ring substituents is 1. The van der Waals surface area contributed by atoms with E-state index in [-0.39, 0.29) is 0 Å². The average Bonchev–Trinajstić information content (AvgIpc) is 2.79. The van der Waals surface area contributed by atoms with E-state index in [9.17, 15) is 23.7 Å². The van der Waals surface area contributed by atoms with Gasteiger partial charge in [-0.05, 0) is 25.0 Å². The van der Waals surface area contributed by atoms with Crippen LogP contribution in [0.25, 0.3) is 0 Å². The first-order chi connectivity index (χ1) is 12.0. The van der Waals surface area contributed by atoms with Gasteiger partial charge in [0.2, 0.25) is 0 Å². The van der Waals surface area contributed by atoms with E-state index in [2.05, 4.69) is 5.32 Å². The van der Waals surface area contributed by atoms with Crippen molar-refractivity contribution in [2.75, 3.05) is 6.61 Å². The number of amides is 1. The monoisotopic (exact) mass is 348 g/mol. The summed E-state index contributed by atoms with van der Waals surface area (Å²) in [5.41, 5.74) is -0.570. The highest BCUT2D eigenvalue weighted by Crippen LogP contribution is 2.32. The summed E-state index contributed by atoms with van der Waals surface area (Å²) in [5.74, 6) is -2.92. The molecule has 130 valence electrons. The number of hydrogen-bond acceptors (Lipinski definition) is 4. The third kappa shape index (κ3) is 3.42. The average molecular weight is 348 g/mol. The molecule has 0 spiro atoms. The van der Waals surface area contributed by atoms with Gasteiger partial charge in [0.15, 0.2) is 11.6 Å². The highest BCUT2D eigenvalue weighted by Gasteiger charge is 2.27. The molecule has 1 aliphatic heterocycles. The third-order valence-corrected chi connectivity index (χ3v) is 3.97. The van der Waals surface area contributed by atoms with Crippen LogP contribution in [-0.4, -0.2) is 17.4 Å². The summed E-state index contributed by atoms with van der Waals surface area (Å²) >= 11 is 0. The molecule has 25 heavy (non-hydrogen) atoms. The zero-order chi connectivity index (χ0) is 18.0. The molecule has 2 aromatic rings. The fourth-order valence-electron chi connectivity index (χ4n) is 2.78. The number of halogens is 2. The van der Waals surface area contributed by atoms with Gasteiger partial charge in [0, 0.05) is 5.56 Å². The molecule has 0 aliphatic carbocycles. The molecule has 0 unspecified atom stereocenters. The third-order valence-electron chi connectivity index (χ3n) is 3.97. The number of benzene rings is 2. The van der Waals surface area contributed by atoms with Crippen LogP contribution in [-0.2, 0) is 0 Å². The van der Waals surface area contributed by atoms with Crippen LogP contribution in [0.15, 0.2) is 36.4 Å². The molecule has 0 bridgehead atoms. The summed E-state index contributed by atoms with van der Waals surface area (Å²) in [5, 5.41) is 13.7. The molecule has 0 radical (unpaired) electrons. The largest absolute Gasteiger partial charge is 0.493 e. The van der Waals surface area contributed by atoms with Gasteiger partial charge in [0.1, 0.15) is 11.3 Å². The van der Waals surface area contributed by atoms with Gasteiger partial charge in [0.25, 0.3) is 11.6 Å². The Kier molecular flexibility index (Phi) is 4.60. The van der Waals surface area contributed by atoms with E-state index < -0.39 is 39.8 Å². The van der Waals surface area contributed by atoms with Gasteiger partial charge >= 0.3 is 0 Å². The molecule has 1 amide bonds. The zero-order valence-corrected chi connectivity index (χ0v) is 13.0. The summed E-state index contributed by atoms with van der Waals surface area (Å²) in [7, 11) is 0. The Labute approximate surface area is 141 Å². The van der Waals surface area contributed by atoms with Crippen molar-refractivity contribution in [1.29, 1.82) is 0 Å². The van der Waals surface area contributed by atoms with E-state index in [1.165, 1.54) is 0 Å². The van der Waals surface area contributed by atoms with Crippen molar-refractivity contribution < 1.29 is 23.2 Å². The number of carbonyl (C=O) groups is 1. The molecule has 0 saturated carbocycles. The number of nitro groups is 1. The number of ether oxygens (including phenoxy) is 1. The van der Waals surface area contributed by atoms with Crippen molar-refractivity contribution >= 4 is 11.6 Å². The van der Waals surface area contributed by atoms with Crippen molar-refractivity contribution in [2.24, 2.45) is 0 Å². The van der Waals surface area contributed by atoms with Crippen LogP contribution < -0.4 is 10.1 Å². The molecular formula is C17H14F2N2O4. The predicted molar refractivity (Wildman–Crippen MR) is 84.4 cm³/mol. The summed E-state index contributed by atoms with van der Waals surface area (Å²) in [4.78, 5) is 22.6. The normalized spacial score (nSPS) is 16.3. The van der Waals surface area contributed by atoms with E-state index in [1.54, 1.807) is 24.3 Å². The Morgan fingerprint density at radius 2 is 1.96 bits per heavy atom. The molecule has 2 aromatic carbocycles. The van der Waals surface area contributed by atoms with E-state index in [0.29, 0.717) is 37.3 Å². The highest BCUT2D eigenvalue weighted by molar-refractivity contribution is 5.98. The van der Waals surface area contributed by atoms with Crippen LogP contribution in [0.2, 0.25) is 0 Å². The Bertz CT molecular complexity index is 841. The van der Waals surface area contributed by atoms with Gasteiger partial charge < -0.3 is 10.1 Å². The summed E-state index contributed by atoms with van der Waals surface area (Å²) in [6.45, 7) is 0.481. The lowest BCUT2D eigenvalue weighted by Crippen LogP contribution is -2.29. The SMILES string of the molecule is O=C(N[C@H]1CCCOc2ccccc21)c1cc(F)c(F)cc1[N+](=O)[O-]. The number of rotatable bonds is 3. The number of nitrogens with one attached hydrogen (secondary N) is 1. The van der Waals surface area contributed by atoms with Gasteiger partial charge in [0.05, 0.1) is 23.6 Å². The lowest BCUT2D eigenvalue weighted by molar-refractivity contribution is -0.385. The summed E-state index contributed by atoms with van der Waals surface area (Å²) < 4.78 is 32.3. The van der Waals surface area contributed by atoms with Gasteiger partial charge in [-0.1, -0.05) is 18.2 Å². The van der Waals surface area contributed by atoms with Crippen molar-refractivity contribution in [1.82, 2.24) is 5.32 Å². The van der Waals surface area contributed by atoms with Crippen molar-refractivity contribution in [3.05, 3.63) is 69.3 Å². The number of carbonyl (C=O) groups excluding carboxylic acids is 1. The van der Waals surface area contributed by atoms with Gasteiger partial charge in [-0.15, -0.1) is 0 Å². The maximum Gasteiger partial charge on any atom is 0.285 e. The van der Waals surface area contributed by atoms with Crippen LogP contribution in [0.1, 0.15) is 34.8 Å². The molecule has 3 rings (SSSR count). The molecule has 1 N–H and O–H groups in total. The topological polar surface area (TPSA) is 81.5 Å². The van der Waals surface area contributed by atoms with Crippen LogP contribution in [0.5, 0.6) is 5.75 Å². The molecule has 1 heterocycles. The molecule has 0 aromatic heterocycles. The predicted octanol–water partition coefficient (Wildman–Crippen LogP) is 3.52. The van der Waals surface area contributed by atoms with Crippen LogP contribution >= 0.6 is 0 Å². The quantitative estimate of drug-likeness (QED) is 0.680. The van der Waals surface area contributed by atoms with E-state index in [4.69, 9.17) is 4.74 Å². The number of nitrogens with zero attached hydrogens (tertiary/aromatic N) is 1. The number of hydrogen-bond donors (Lipinski definition) is 1. The Morgan fingerprint density at radius 3 is 2.72 bits per heavy atom. The zero-order valence-electron chi connectivity index (χ0n) is 13.0. The first-order valence-corrected chi connectivity index (χ1v) is 7.63. The standard InChI is InChI=1S/C17H14F2N2O4/c18-12-8-11(15(21(23)24)9-13(12)19)17(22)20-14-5-3-7-25-16-6-2-1-4-10(14)16/h1-2,4,6,8-9,14H,3,5,7H2,(H,20,22)/t14-/m0/s1. The second-order valence-electron chi connectivity index (χ2n) is 5.60. The second-order valence-corrected chi connectivity index (χ2v) is 5.60. The Hall–Kier alpha value is -3.03. The first kappa shape index (κ1) is 16.8. The molecule has 6 nitrogen and oxygen atoms in total. The maximum atomic E-state index is 13.5.